The van der Waals surface area contributed by atoms with Crippen molar-refractivity contribution in [3.05, 3.63) is 23.2 Å². The minimum atomic E-state index is -0.348. The van der Waals surface area contributed by atoms with Gasteiger partial charge in [-0.25, -0.2) is 0 Å². The number of amides is 1. The van der Waals surface area contributed by atoms with Crippen LogP contribution in [0.4, 0.5) is 11.4 Å². The summed E-state index contributed by atoms with van der Waals surface area (Å²) in [4.78, 5) is 14.1. The average molecular weight is 300 g/mol. The minimum absolute atomic E-state index is 0.0176. The topological polar surface area (TPSA) is 78.6 Å². The van der Waals surface area contributed by atoms with E-state index in [4.69, 9.17) is 22.4 Å². The van der Waals surface area contributed by atoms with Crippen LogP contribution in [0.15, 0.2) is 18.2 Å². The fourth-order valence-electron chi connectivity index (χ4n) is 2.03. The summed E-state index contributed by atoms with van der Waals surface area (Å²) >= 11 is 5.84. The third-order valence-electron chi connectivity index (χ3n) is 3.16. The summed E-state index contributed by atoms with van der Waals surface area (Å²) in [6.07, 6.45) is 0. The second-order valence-corrected chi connectivity index (χ2v) is 5.36. The van der Waals surface area contributed by atoms with Gasteiger partial charge in [0.1, 0.15) is 0 Å². The first-order valence-electron chi connectivity index (χ1n) is 6.59. The maximum Gasteiger partial charge on any atom is 0.241 e. The van der Waals surface area contributed by atoms with Gasteiger partial charge in [0.2, 0.25) is 5.91 Å². The summed E-state index contributed by atoms with van der Waals surface area (Å²) < 4.78 is 0. The van der Waals surface area contributed by atoms with Crippen LogP contribution in [0.5, 0.6) is 0 Å². The van der Waals surface area contributed by atoms with Crippen LogP contribution >= 0.6 is 11.6 Å². The van der Waals surface area contributed by atoms with E-state index in [1.165, 1.54) is 0 Å². The predicted molar refractivity (Wildman–Crippen MR) is 82.9 cm³/mol. The lowest BCUT2D eigenvalue weighted by molar-refractivity contribution is -0.121. The van der Waals surface area contributed by atoms with Crippen LogP contribution in [0.25, 0.3) is 0 Å². The van der Waals surface area contributed by atoms with Gasteiger partial charge >= 0.3 is 0 Å². The lowest BCUT2D eigenvalue weighted by Gasteiger charge is -2.31. The highest BCUT2D eigenvalue weighted by Crippen LogP contribution is 2.22. The fraction of sp³-hybridized carbons (Fsp3) is 0.500. The molecule has 0 saturated heterocycles. The summed E-state index contributed by atoms with van der Waals surface area (Å²) in [6.45, 7) is 6.25. The van der Waals surface area contributed by atoms with E-state index in [0.29, 0.717) is 22.9 Å². The number of aliphatic hydroxyl groups excluding tert-OH is 1. The first-order valence-corrected chi connectivity index (χ1v) is 6.97. The van der Waals surface area contributed by atoms with Crippen LogP contribution in [0, 0.1) is 0 Å². The molecule has 0 fully saturated rings. The number of nitrogens with zero attached hydrogens (tertiary/aromatic N) is 1. The Morgan fingerprint density at radius 2 is 2.10 bits per heavy atom. The van der Waals surface area contributed by atoms with Gasteiger partial charge in [0.15, 0.2) is 0 Å². The Labute approximate surface area is 124 Å². The third kappa shape index (κ3) is 4.37. The van der Waals surface area contributed by atoms with Gasteiger partial charge in [-0.05, 0) is 39.0 Å². The molecule has 5 nitrogen and oxygen atoms in total. The molecule has 0 aromatic heterocycles. The van der Waals surface area contributed by atoms with Crippen LogP contribution in [-0.2, 0) is 4.79 Å². The number of rotatable bonds is 6. The van der Waals surface area contributed by atoms with E-state index in [1.807, 2.05) is 25.7 Å². The highest BCUT2D eigenvalue weighted by atomic mass is 35.5. The second kappa shape index (κ2) is 7.47. The average Bonchev–Trinajstić information content (AvgIpc) is 2.39. The number of carbonyl (C=O) groups excluding carboxylic acids is 1. The van der Waals surface area contributed by atoms with Gasteiger partial charge in [-0.1, -0.05) is 11.6 Å². The summed E-state index contributed by atoms with van der Waals surface area (Å²) in [5.41, 5.74) is 6.73. The van der Waals surface area contributed by atoms with Gasteiger partial charge in [-0.15, -0.1) is 0 Å². The van der Waals surface area contributed by atoms with E-state index in [-0.39, 0.29) is 24.6 Å². The molecule has 1 atom stereocenters. The van der Waals surface area contributed by atoms with Crippen molar-refractivity contribution in [1.29, 1.82) is 0 Å². The molecule has 0 radical (unpaired) electrons. The normalized spacial score (nSPS) is 12.8. The lowest BCUT2D eigenvalue weighted by Crippen LogP contribution is -2.47. The molecule has 0 aliphatic heterocycles. The number of hydrogen-bond acceptors (Lipinski definition) is 4. The predicted octanol–water partition coefficient (Wildman–Crippen LogP) is 1.95. The molecule has 1 aromatic carbocycles. The van der Waals surface area contributed by atoms with Crippen molar-refractivity contribution in [3.63, 3.8) is 0 Å². The standard InChI is InChI=1S/C14H22ClN3O2/c1-9(2)18(6-7-19)10(3)14(20)17-11-4-5-12(15)13(16)8-11/h4-5,8-10,19H,6-7,16H2,1-3H3,(H,17,20). The Morgan fingerprint density at radius 3 is 2.60 bits per heavy atom. The SMILES string of the molecule is CC(C)N(CCO)C(C)C(=O)Nc1ccc(Cl)c(N)c1. The van der Waals surface area contributed by atoms with Crippen LogP contribution in [0.3, 0.4) is 0 Å². The molecule has 6 heteroatoms. The van der Waals surface area contributed by atoms with Gasteiger partial charge in [0.05, 0.1) is 23.4 Å². The number of halogens is 1. The zero-order chi connectivity index (χ0) is 15.3. The molecule has 1 aromatic rings. The number of benzene rings is 1. The maximum atomic E-state index is 12.2. The first-order chi connectivity index (χ1) is 9.36. The van der Waals surface area contributed by atoms with E-state index in [1.54, 1.807) is 18.2 Å². The van der Waals surface area contributed by atoms with E-state index >= 15 is 0 Å². The molecule has 0 aliphatic rings. The molecular formula is C14H22ClN3O2. The van der Waals surface area contributed by atoms with E-state index in [9.17, 15) is 4.79 Å². The molecule has 0 heterocycles. The minimum Gasteiger partial charge on any atom is -0.397 e. The van der Waals surface area contributed by atoms with Crippen LogP contribution in [-0.4, -0.2) is 41.1 Å². The molecule has 1 amide bonds. The number of anilines is 2. The van der Waals surface area contributed by atoms with Crippen molar-refractivity contribution in [2.75, 3.05) is 24.2 Å². The van der Waals surface area contributed by atoms with Crippen LogP contribution in [0.2, 0.25) is 5.02 Å². The van der Waals surface area contributed by atoms with Crippen LogP contribution in [0.1, 0.15) is 20.8 Å². The van der Waals surface area contributed by atoms with Crippen molar-refractivity contribution >= 4 is 28.9 Å². The van der Waals surface area contributed by atoms with E-state index in [2.05, 4.69) is 5.32 Å². The number of carbonyl (C=O) groups is 1. The monoisotopic (exact) mass is 299 g/mol. The fourth-order valence-corrected chi connectivity index (χ4v) is 2.15. The summed E-state index contributed by atoms with van der Waals surface area (Å²) in [6, 6.07) is 4.79. The smallest absolute Gasteiger partial charge is 0.241 e. The largest absolute Gasteiger partial charge is 0.397 e. The molecule has 0 saturated carbocycles. The van der Waals surface area contributed by atoms with E-state index < -0.39 is 0 Å². The number of nitrogens with one attached hydrogen (secondary N) is 1. The van der Waals surface area contributed by atoms with Crippen LogP contribution < -0.4 is 11.1 Å². The molecule has 1 rings (SSSR count). The lowest BCUT2D eigenvalue weighted by atomic mass is 10.2. The summed E-state index contributed by atoms with van der Waals surface area (Å²) in [5, 5.41) is 12.3. The molecule has 0 aliphatic carbocycles. The molecule has 4 N–H and O–H groups in total. The quantitative estimate of drug-likeness (QED) is 0.702. The zero-order valence-electron chi connectivity index (χ0n) is 12.1. The van der Waals surface area contributed by atoms with Crippen molar-refractivity contribution in [2.45, 2.75) is 32.9 Å². The van der Waals surface area contributed by atoms with Crippen molar-refractivity contribution < 1.29 is 9.90 Å². The number of nitrogen functional groups attached to an aromatic ring is 1. The molecule has 20 heavy (non-hydrogen) atoms. The Bertz CT molecular complexity index is 466. The highest BCUT2D eigenvalue weighted by molar-refractivity contribution is 6.33. The van der Waals surface area contributed by atoms with E-state index in [0.717, 1.165) is 0 Å². The Balaban J connectivity index is 2.75. The first kappa shape index (κ1) is 16.8. The highest BCUT2D eigenvalue weighted by Gasteiger charge is 2.23. The van der Waals surface area contributed by atoms with Gasteiger partial charge in [-0.2, -0.15) is 0 Å². The third-order valence-corrected chi connectivity index (χ3v) is 3.51. The number of nitrogens with two attached hydrogens (primary N) is 1. The zero-order valence-corrected chi connectivity index (χ0v) is 12.8. The van der Waals surface area contributed by atoms with Gasteiger partial charge in [0.25, 0.3) is 0 Å². The number of hydrogen-bond donors (Lipinski definition) is 3. The molecule has 112 valence electrons. The van der Waals surface area contributed by atoms with Gasteiger partial charge in [-0.3, -0.25) is 9.69 Å². The Hall–Kier alpha value is -1.30. The summed E-state index contributed by atoms with van der Waals surface area (Å²) in [7, 11) is 0. The van der Waals surface area contributed by atoms with Gasteiger partial charge in [0, 0.05) is 18.3 Å². The Kier molecular flexibility index (Phi) is 6.26. The van der Waals surface area contributed by atoms with Crippen molar-refractivity contribution in [2.24, 2.45) is 0 Å². The molecule has 0 spiro atoms. The number of aliphatic hydroxyl groups is 1. The maximum absolute atomic E-state index is 12.2. The van der Waals surface area contributed by atoms with Crippen molar-refractivity contribution in [1.82, 2.24) is 4.90 Å². The Morgan fingerprint density at radius 1 is 1.45 bits per heavy atom. The van der Waals surface area contributed by atoms with Gasteiger partial charge < -0.3 is 16.2 Å². The molecule has 0 bridgehead atoms. The second-order valence-electron chi connectivity index (χ2n) is 4.96. The summed E-state index contributed by atoms with van der Waals surface area (Å²) in [5.74, 6) is -0.145. The molecule has 1 unspecified atom stereocenters. The molecular weight excluding hydrogens is 278 g/mol. The van der Waals surface area contributed by atoms with Crippen molar-refractivity contribution in [3.8, 4) is 0 Å².